The third kappa shape index (κ3) is 7.72. The molecule has 1 amide bonds. The van der Waals surface area contributed by atoms with E-state index < -0.39 is 6.36 Å². The lowest BCUT2D eigenvalue weighted by Crippen LogP contribution is -2.40. The fraction of sp³-hybridized carbons (Fsp3) is 0.516. The van der Waals surface area contributed by atoms with Crippen LogP contribution in [0.5, 0.6) is 5.75 Å². The van der Waals surface area contributed by atoms with Crippen molar-refractivity contribution in [1.29, 1.82) is 0 Å². The predicted molar refractivity (Wildman–Crippen MR) is 155 cm³/mol. The van der Waals surface area contributed by atoms with Gasteiger partial charge in [0.05, 0.1) is 0 Å². The first-order chi connectivity index (χ1) is 18.7. The summed E-state index contributed by atoms with van der Waals surface area (Å²) in [6, 6.07) is 12.4. The van der Waals surface area contributed by atoms with Gasteiger partial charge in [0, 0.05) is 47.7 Å². The third-order valence-electron chi connectivity index (χ3n) is 8.33. The highest BCUT2D eigenvalue weighted by Crippen LogP contribution is 2.37. The number of alkyl halides is 3. The van der Waals surface area contributed by atoms with Gasteiger partial charge in [0.2, 0.25) is 5.91 Å². The van der Waals surface area contributed by atoms with Crippen molar-refractivity contribution in [2.24, 2.45) is 11.7 Å². The van der Waals surface area contributed by atoms with E-state index in [0.717, 1.165) is 48.7 Å². The molecule has 1 aromatic heterocycles. The zero-order valence-corrected chi connectivity index (χ0v) is 23.5. The Kier molecular flexibility index (Phi) is 10.1. The second kappa shape index (κ2) is 13.3. The van der Waals surface area contributed by atoms with E-state index in [1.54, 1.807) is 12.1 Å². The number of benzene rings is 2. The zero-order valence-electron chi connectivity index (χ0n) is 22.7. The molecular weight excluding hydrogens is 539 g/mol. The number of aryl methyl sites for hydroxylation is 1. The number of carbonyl (C=O) groups is 1. The van der Waals surface area contributed by atoms with Gasteiger partial charge in [-0.25, -0.2) is 0 Å². The van der Waals surface area contributed by atoms with Crippen LogP contribution in [0.25, 0.3) is 22.0 Å². The highest BCUT2D eigenvalue weighted by molar-refractivity contribution is 5.90. The number of amides is 1. The Morgan fingerprint density at radius 2 is 1.73 bits per heavy atom. The third-order valence-corrected chi connectivity index (χ3v) is 8.33. The van der Waals surface area contributed by atoms with Crippen LogP contribution in [-0.4, -0.2) is 28.9 Å². The largest absolute Gasteiger partial charge is 0.573 e. The summed E-state index contributed by atoms with van der Waals surface area (Å²) in [7, 11) is 0. The Morgan fingerprint density at radius 3 is 2.45 bits per heavy atom. The average Bonchev–Trinajstić information content (AvgIpc) is 3.25. The average molecular weight is 578 g/mol. The van der Waals surface area contributed by atoms with Crippen molar-refractivity contribution >= 4 is 29.2 Å². The van der Waals surface area contributed by atoms with Gasteiger partial charge in [-0.2, -0.15) is 0 Å². The van der Waals surface area contributed by atoms with Crippen LogP contribution in [0.2, 0.25) is 0 Å². The van der Waals surface area contributed by atoms with Crippen molar-refractivity contribution in [3.05, 3.63) is 54.2 Å². The van der Waals surface area contributed by atoms with E-state index >= 15 is 0 Å². The first kappa shape index (κ1) is 30.3. The molecule has 2 aliphatic carbocycles. The molecule has 3 aromatic rings. The molecule has 0 unspecified atom stereocenters. The van der Waals surface area contributed by atoms with Gasteiger partial charge in [-0.05, 0) is 80.2 Å². The number of fused-ring (bicyclic) bond motifs is 1. The van der Waals surface area contributed by atoms with Crippen molar-refractivity contribution in [3.8, 4) is 16.9 Å². The summed E-state index contributed by atoms with van der Waals surface area (Å²) in [5, 5.41) is 4.15. The standard InChI is InChI=1S/C31H38F3N3O2.ClH/c32-31(33,34)39-29-9-5-4-8-26(29)22-10-16-28-27(18-22)23(20-37(28)19-21-6-2-1-3-7-21)11-17-30(38)36-25-14-12-24(35)13-15-25;/h4-5,8-10,16,18,20-21,24-25H,1-3,6-7,11-15,17,19,35H2,(H,36,38);1H. The molecule has 218 valence electrons. The number of nitrogens with two attached hydrogens (primary N) is 1. The molecule has 0 spiro atoms. The van der Waals surface area contributed by atoms with E-state index in [4.69, 9.17) is 5.73 Å². The topological polar surface area (TPSA) is 69.3 Å². The number of aromatic nitrogens is 1. The van der Waals surface area contributed by atoms with E-state index in [0.29, 0.717) is 29.9 Å². The molecule has 2 aliphatic rings. The summed E-state index contributed by atoms with van der Waals surface area (Å²) in [6.07, 6.45) is 8.21. The molecule has 0 aliphatic heterocycles. The number of hydrogen-bond acceptors (Lipinski definition) is 3. The summed E-state index contributed by atoms with van der Waals surface area (Å²) in [6.45, 7) is 0.915. The summed E-state index contributed by atoms with van der Waals surface area (Å²) >= 11 is 0. The van der Waals surface area contributed by atoms with E-state index in [-0.39, 0.29) is 36.1 Å². The Bertz CT molecular complexity index is 1280. The van der Waals surface area contributed by atoms with Crippen LogP contribution in [0.4, 0.5) is 13.2 Å². The number of nitrogens with zero attached hydrogens (tertiary/aromatic N) is 1. The van der Waals surface area contributed by atoms with E-state index in [1.807, 2.05) is 18.2 Å². The maximum Gasteiger partial charge on any atom is 0.573 e. The summed E-state index contributed by atoms with van der Waals surface area (Å²) in [5.74, 6) is 0.423. The fourth-order valence-electron chi connectivity index (χ4n) is 6.27. The number of para-hydroxylation sites is 1. The molecule has 2 saturated carbocycles. The Balaban J connectivity index is 0.00000370. The number of nitrogens with one attached hydrogen (secondary N) is 1. The van der Waals surface area contributed by atoms with Gasteiger partial charge in [-0.1, -0.05) is 43.5 Å². The van der Waals surface area contributed by atoms with Crippen LogP contribution in [0.15, 0.2) is 48.7 Å². The SMILES string of the molecule is Cl.NC1CCC(NC(=O)CCc2cn(CC3CCCCC3)c3ccc(-c4ccccc4OC(F)(F)F)cc23)CC1. The Labute approximate surface area is 240 Å². The smallest absolute Gasteiger partial charge is 0.405 e. The maximum absolute atomic E-state index is 13.1. The summed E-state index contributed by atoms with van der Waals surface area (Å²) in [5.41, 5.74) is 9.13. The van der Waals surface area contributed by atoms with Crippen LogP contribution >= 0.6 is 12.4 Å². The van der Waals surface area contributed by atoms with Gasteiger partial charge < -0.3 is 20.4 Å². The summed E-state index contributed by atoms with van der Waals surface area (Å²) in [4.78, 5) is 12.8. The second-order valence-corrected chi connectivity index (χ2v) is 11.3. The minimum Gasteiger partial charge on any atom is -0.405 e. The van der Waals surface area contributed by atoms with Gasteiger partial charge in [-0.3, -0.25) is 4.79 Å². The highest BCUT2D eigenvalue weighted by atomic mass is 35.5. The van der Waals surface area contributed by atoms with Gasteiger partial charge in [0.15, 0.2) is 0 Å². The Hall–Kier alpha value is -2.71. The van der Waals surface area contributed by atoms with Gasteiger partial charge in [0.1, 0.15) is 5.75 Å². The predicted octanol–water partition coefficient (Wildman–Crippen LogP) is 7.53. The molecule has 1 heterocycles. The molecular formula is C31H39ClF3N3O2. The molecule has 2 fully saturated rings. The van der Waals surface area contributed by atoms with Crippen LogP contribution in [0.3, 0.4) is 0 Å². The lowest BCUT2D eigenvalue weighted by molar-refractivity contribution is -0.274. The Morgan fingerprint density at radius 1 is 1.00 bits per heavy atom. The van der Waals surface area contributed by atoms with E-state index in [9.17, 15) is 18.0 Å². The highest BCUT2D eigenvalue weighted by Gasteiger charge is 2.32. The number of halogens is 4. The van der Waals surface area contributed by atoms with Gasteiger partial charge >= 0.3 is 6.36 Å². The molecule has 9 heteroatoms. The van der Waals surface area contributed by atoms with Crippen molar-refractivity contribution in [1.82, 2.24) is 9.88 Å². The van der Waals surface area contributed by atoms with Crippen LogP contribution in [-0.2, 0) is 17.8 Å². The minimum atomic E-state index is -4.77. The zero-order chi connectivity index (χ0) is 27.4. The maximum atomic E-state index is 13.1. The molecule has 5 nitrogen and oxygen atoms in total. The molecule has 0 saturated heterocycles. The van der Waals surface area contributed by atoms with Gasteiger partial charge in [0.25, 0.3) is 0 Å². The normalized spacial score (nSPS) is 20.2. The number of ether oxygens (including phenoxy) is 1. The quantitative estimate of drug-likeness (QED) is 0.291. The van der Waals surface area contributed by atoms with Crippen LogP contribution in [0.1, 0.15) is 69.8 Å². The number of hydrogen-bond donors (Lipinski definition) is 2. The van der Waals surface area contributed by atoms with E-state index in [1.165, 1.54) is 44.2 Å². The van der Waals surface area contributed by atoms with Gasteiger partial charge in [-0.15, -0.1) is 25.6 Å². The number of carbonyl (C=O) groups excluding carboxylic acids is 1. The number of rotatable bonds is 8. The van der Waals surface area contributed by atoms with Crippen LogP contribution < -0.4 is 15.8 Å². The molecule has 2 aromatic carbocycles. The van der Waals surface area contributed by atoms with E-state index in [2.05, 4.69) is 20.8 Å². The second-order valence-electron chi connectivity index (χ2n) is 11.3. The molecule has 3 N–H and O–H groups in total. The molecule has 0 bridgehead atoms. The van der Waals surface area contributed by atoms with Crippen molar-refractivity contribution < 1.29 is 22.7 Å². The molecule has 40 heavy (non-hydrogen) atoms. The molecule has 5 rings (SSSR count). The molecule has 0 radical (unpaired) electrons. The van der Waals surface area contributed by atoms with Crippen molar-refractivity contribution in [2.75, 3.05) is 0 Å². The van der Waals surface area contributed by atoms with Crippen molar-refractivity contribution in [3.63, 3.8) is 0 Å². The minimum absolute atomic E-state index is 0. The first-order valence-electron chi connectivity index (χ1n) is 14.3. The summed E-state index contributed by atoms with van der Waals surface area (Å²) < 4.78 is 45.8. The lowest BCUT2D eigenvalue weighted by Gasteiger charge is -2.26. The first-order valence-corrected chi connectivity index (χ1v) is 14.3. The monoisotopic (exact) mass is 577 g/mol. The lowest BCUT2D eigenvalue weighted by atomic mass is 9.89. The van der Waals surface area contributed by atoms with Crippen LogP contribution in [0, 0.1) is 5.92 Å². The molecule has 0 atom stereocenters. The van der Waals surface area contributed by atoms with Crippen molar-refractivity contribution in [2.45, 2.75) is 95.6 Å². The fourth-order valence-corrected chi connectivity index (χ4v) is 6.27.